The van der Waals surface area contributed by atoms with Crippen LogP contribution in [0.15, 0.2) is 18.2 Å². The van der Waals surface area contributed by atoms with E-state index >= 15 is 0 Å². The van der Waals surface area contributed by atoms with Gasteiger partial charge >= 0.3 is 0 Å². The van der Waals surface area contributed by atoms with Gasteiger partial charge in [-0.1, -0.05) is 0 Å². The minimum atomic E-state index is -0.0562. The SMILES string of the molecule is COc1ccc(NCC(=O)NCCCOC(C)C)cc1OC. The summed E-state index contributed by atoms with van der Waals surface area (Å²) in [6.45, 7) is 5.46. The Morgan fingerprint density at radius 2 is 1.91 bits per heavy atom. The molecule has 0 unspecified atom stereocenters. The minimum Gasteiger partial charge on any atom is -0.493 e. The molecule has 0 atom stereocenters. The maximum absolute atomic E-state index is 11.7. The molecule has 0 bridgehead atoms. The average molecular weight is 310 g/mol. The summed E-state index contributed by atoms with van der Waals surface area (Å²) in [7, 11) is 3.16. The van der Waals surface area contributed by atoms with Crippen molar-refractivity contribution in [2.45, 2.75) is 26.4 Å². The Morgan fingerprint density at radius 3 is 2.55 bits per heavy atom. The van der Waals surface area contributed by atoms with E-state index in [-0.39, 0.29) is 18.6 Å². The lowest BCUT2D eigenvalue weighted by molar-refractivity contribution is -0.119. The van der Waals surface area contributed by atoms with E-state index in [4.69, 9.17) is 14.2 Å². The van der Waals surface area contributed by atoms with Gasteiger partial charge in [0.05, 0.1) is 26.9 Å². The molecule has 1 rings (SSSR count). The van der Waals surface area contributed by atoms with Crippen LogP contribution in [-0.2, 0) is 9.53 Å². The van der Waals surface area contributed by atoms with Crippen molar-refractivity contribution in [1.82, 2.24) is 5.32 Å². The first-order valence-electron chi connectivity index (χ1n) is 7.41. The molecule has 0 aliphatic rings. The van der Waals surface area contributed by atoms with Crippen LogP contribution in [0.1, 0.15) is 20.3 Å². The highest BCUT2D eigenvalue weighted by Crippen LogP contribution is 2.29. The third-order valence-electron chi connectivity index (χ3n) is 2.93. The number of rotatable bonds is 10. The summed E-state index contributed by atoms with van der Waals surface area (Å²) in [5.41, 5.74) is 0.802. The molecule has 0 saturated carbocycles. The molecule has 0 heterocycles. The molecule has 1 aromatic rings. The normalized spacial score (nSPS) is 10.4. The number of benzene rings is 1. The number of anilines is 1. The number of hydrogen-bond acceptors (Lipinski definition) is 5. The number of carbonyl (C=O) groups is 1. The van der Waals surface area contributed by atoms with Crippen molar-refractivity contribution in [3.8, 4) is 11.5 Å². The molecular formula is C16H26N2O4. The number of hydrogen-bond donors (Lipinski definition) is 2. The van der Waals surface area contributed by atoms with E-state index in [1.54, 1.807) is 26.4 Å². The number of nitrogens with one attached hydrogen (secondary N) is 2. The van der Waals surface area contributed by atoms with Crippen LogP contribution in [0.5, 0.6) is 11.5 Å². The molecular weight excluding hydrogens is 284 g/mol. The first-order chi connectivity index (χ1) is 10.6. The van der Waals surface area contributed by atoms with Crippen molar-refractivity contribution in [3.63, 3.8) is 0 Å². The maximum Gasteiger partial charge on any atom is 0.239 e. The van der Waals surface area contributed by atoms with Gasteiger partial charge in [-0.3, -0.25) is 4.79 Å². The van der Waals surface area contributed by atoms with Crippen LogP contribution in [0.2, 0.25) is 0 Å². The fourth-order valence-corrected chi connectivity index (χ4v) is 1.81. The van der Waals surface area contributed by atoms with E-state index in [1.807, 2.05) is 19.9 Å². The van der Waals surface area contributed by atoms with E-state index < -0.39 is 0 Å². The quantitative estimate of drug-likeness (QED) is 0.647. The molecule has 0 saturated heterocycles. The smallest absolute Gasteiger partial charge is 0.239 e. The fourth-order valence-electron chi connectivity index (χ4n) is 1.81. The molecule has 1 amide bonds. The second-order valence-electron chi connectivity index (χ2n) is 5.05. The summed E-state index contributed by atoms with van der Waals surface area (Å²) >= 11 is 0. The second kappa shape index (κ2) is 9.89. The summed E-state index contributed by atoms with van der Waals surface area (Å²) < 4.78 is 15.8. The van der Waals surface area contributed by atoms with Gasteiger partial charge in [0.15, 0.2) is 11.5 Å². The van der Waals surface area contributed by atoms with Gasteiger partial charge in [-0.05, 0) is 32.4 Å². The lowest BCUT2D eigenvalue weighted by Crippen LogP contribution is -2.31. The highest BCUT2D eigenvalue weighted by molar-refractivity contribution is 5.80. The van der Waals surface area contributed by atoms with Crippen LogP contribution >= 0.6 is 0 Å². The molecule has 0 radical (unpaired) electrons. The van der Waals surface area contributed by atoms with Crippen LogP contribution in [0.3, 0.4) is 0 Å². The van der Waals surface area contributed by atoms with E-state index in [9.17, 15) is 4.79 Å². The lowest BCUT2D eigenvalue weighted by atomic mass is 10.2. The Kier molecular flexibility index (Phi) is 8.14. The Bertz CT molecular complexity index is 463. The van der Waals surface area contributed by atoms with Gasteiger partial charge in [0, 0.05) is 24.9 Å². The molecule has 0 spiro atoms. The summed E-state index contributed by atoms with van der Waals surface area (Å²) in [6, 6.07) is 5.43. The van der Waals surface area contributed by atoms with Crippen molar-refractivity contribution < 1.29 is 19.0 Å². The van der Waals surface area contributed by atoms with Gasteiger partial charge in [-0.25, -0.2) is 0 Å². The van der Waals surface area contributed by atoms with Crippen molar-refractivity contribution in [1.29, 1.82) is 0 Å². The van der Waals surface area contributed by atoms with E-state index in [1.165, 1.54) is 0 Å². The van der Waals surface area contributed by atoms with Crippen LogP contribution in [-0.4, -0.2) is 45.9 Å². The Hall–Kier alpha value is -1.95. The van der Waals surface area contributed by atoms with Crippen molar-refractivity contribution in [2.24, 2.45) is 0 Å². The van der Waals surface area contributed by atoms with E-state index in [2.05, 4.69) is 10.6 Å². The number of carbonyl (C=O) groups excluding carboxylic acids is 1. The van der Waals surface area contributed by atoms with Crippen molar-refractivity contribution in [2.75, 3.05) is 39.2 Å². The predicted octanol–water partition coefficient (Wildman–Crippen LogP) is 2.05. The van der Waals surface area contributed by atoms with Gasteiger partial charge in [0.25, 0.3) is 0 Å². The third-order valence-corrected chi connectivity index (χ3v) is 2.93. The van der Waals surface area contributed by atoms with Crippen molar-refractivity contribution in [3.05, 3.63) is 18.2 Å². The van der Waals surface area contributed by atoms with E-state index in [0.717, 1.165) is 12.1 Å². The highest BCUT2D eigenvalue weighted by atomic mass is 16.5. The molecule has 2 N–H and O–H groups in total. The monoisotopic (exact) mass is 310 g/mol. The van der Waals surface area contributed by atoms with Crippen LogP contribution < -0.4 is 20.1 Å². The maximum atomic E-state index is 11.7. The number of ether oxygens (including phenoxy) is 3. The molecule has 1 aromatic carbocycles. The highest BCUT2D eigenvalue weighted by Gasteiger charge is 2.06. The zero-order valence-electron chi connectivity index (χ0n) is 13.8. The van der Waals surface area contributed by atoms with Gasteiger partial charge in [0.2, 0.25) is 5.91 Å². The first kappa shape index (κ1) is 18.1. The molecule has 0 aliphatic heterocycles. The molecule has 0 aliphatic carbocycles. The zero-order valence-corrected chi connectivity index (χ0v) is 13.8. The Balaban J connectivity index is 2.29. The van der Waals surface area contributed by atoms with Crippen LogP contribution in [0.4, 0.5) is 5.69 Å². The second-order valence-corrected chi connectivity index (χ2v) is 5.05. The molecule has 0 aromatic heterocycles. The molecule has 124 valence electrons. The minimum absolute atomic E-state index is 0.0562. The molecule has 0 fully saturated rings. The standard InChI is InChI=1S/C16H26N2O4/c1-12(2)22-9-5-8-17-16(19)11-18-13-6-7-14(20-3)15(10-13)21-4/h6-7,10,12,18H,5,8-9,11H2,1-4H3,(H,17,19). The largest absolute Gasteiger partial charge is 0.493 e. The Morgan fingerprint density at radius 1 is 1.18 bits per heavy atom. The predicted molar refractivity (Wildman–Crippen MR) is 86.8 cm³/mol. The number of methoxy groups -OCH3 is 2. The molecule has 6 nitrogen and oxygen atoms in total. The van der Waals surface area contributed by atoms with Crippen molar-refractivity contribution >= 4 is 11.6 Å². The summed E-state index contributed by atoms with van der Waals surface area (Å²) in [4.78, 5) is 11.7. The summed E-state index contributed by atoms with van der Waals surface area (Å²) in [5, 5.41) is 5.89. The zero-order chi connectivity index (χ0) is 16.4. The van der Waals surface area contributed by atoms with Gasteiger partial charge in [0.1, 0.15) is 0 Å². The summed E-state index contributed by atoms with van der Waals surface area (Å²) in [6.07, 6.45) is 1.03. The summed E-state index contributed by atoms with van der Waals surface area (Å²) in [5.74, 6) is 1.22. The molecule has 6 heteroatoms. The van der Waals surface area contributed by atoms with Gasteiger partial charge in [-0.15, -0.1) is 0 Å². The van der Waals surface area contributed by atoms with Gasteiger partial charge in [-0.2, -0.15) is 0 Å². The fraction of sp³-hybridized carbons (Fsp3) is 0.562. The lowest BCUT2D eigenvalue weighted by Gasteiger charge is -2.11. The van der Waals surface area contributed by atoms with Crippen LogP contribution in [0, 0.1) is 0 Å². The van der Waals surface area contributed by atoms with Gasteiger partial charge < -0.3 is 24.8 Å². The number of amides is 1. The molecule has 22 heavy (non-hydrogen) atoms. The average Bonchev–Trinajstić information content (AvgIpc) is 2.51. The van der Waals surface area contributed by atoms with E-state index in [0.29, 0.717) is 24.7 Å². The first-order valence-corrected chi connectivity index (χ1v) is 7.41. The Labute approximate surface area is 132 Å². The third kappa shape index (κ3) is 6.67. The van der Waals surface area contributed by atoms with Crippen LogP contribution in [0.25, 0.3) is 0 Å². The topological polar surface area (TPSA) is 68.8 Å².